The highest BCUT2D eigenvalue weighted by Crippen LogP contribution is 2.25. The Morgan fingerprint density at radius 2 is 1.75 bits per heavy atom. The minimum atomic E-state index is -1.40. The first-order valence-corrected chi connectivity index (χ1v) is 5.51. The molecule has 1 rings (SSSR count). The van der Waals surface area contributed by atoms with Gasteiger partial charge in [-0.1, -0.05) is 13.3 Å². The Hall–Kier alpha value is -0.240. The van der Waals surface area contributed by atoms with E-state index in [-0.39, 0.29) is 0 Å². The lowest BCUT2D eigenvalue weighted by atomic mass is 9.91. The van der Waals surface area contributed by atoms with Crippen molar-refractivity contribution in [2.45, 2.75) is 56.4 Å². The molecule has 1 saturated heterocycles. The zero-order valence-corrected chi connectivity index (χ0v) is 9.23. The first-order valence-electron chi connectivity index (χ1n) is 5.51. The highest BCUT2D eigenvalue weighted by atomic mass is 16.5. The first kappa shape index (κ1) is 13.8. The van der Waals surface area contributed by atoms with Crippen LogP contribution in [-0.4, -0.2) is 68.8 Å². The smallest absolute Gasteiger partial charge is 0.115 e. The Labute approximate surface area is 94.1 Å². The van der Waals surface area contributed by atoms with Gasteiger partial charge in [0.05, 0.1) is 12.7 Å². The van der Waals surface area contributed by atoms with E-state index in [1.165, 1.54) is 0 Å². The van der Waals surface area contributed by atoms with Crippen LogP contribution in [0.15, 0.2) is 0 Å². The average molecular weight is 236 g/mol. The standard InChI is InChI=1S/C10H20O6/c1-2-3-6-7(13)8(14)9(15)10(16-6)5(12)4-11/h5-15H,2-4H2,1H3/t5-,6-,7?,8-,9+,10?/m1/s1. The van der Waals surface area contributed by atoms with Crippen molar-refractivity contribution in [1.29, 1.82) is 0 Å². The predicted molar refractivity (Wildman–Crippen MR) is 54.7 cm³/mol. The van der Waals surface area contributed by atoms with Crippen molar-refractivity contribution in [2.75, 3.05) is 6.61 Å². The lowest BCUT2D eigenvalue weighted by Gasteiger charge is -2.42. The largest absolute Gasteiger partial charge is 0.394 e. The highest BCUT2D eigenvalue weighted by molar-refractivity contribution is 4.94. The summed E-state index contributed by atoms with van der Waals surface area (Å²) in [7, 11) is 0. The Balaban J connectivity index is 2.72. The lowest BCUT2D eigenvalue weighted by Crippen LogP contribution is -2.61. The van der Waals surface area contributed by atoms with Gasteiger partial charge in [-0.25, -0.2) is 0 Å². The molecule has 6 heteroatoms. The summed E-state index contributed by atoms with van der Waals surface area (Å²) >= 11 is 0. The molecule has 0 spiro atoms. The molecule has 5 N–H and O–H groups in total. The number of rotatable bonds is 4. The minimum absolute atomic E-state index is 0.513. The molecular formula is C10H20O6. The van der Waals surface area contributed by atoms with Crippen LogP contribution in [0, 0.1) is 0 Å². The summed E-state index contributed by atoms with van der Waals surface area (Å²) in [5, 5.41) is 47.0. The molecule has 0 radical (unpaired) electrons. The number of hydrogen-bond donors (Lipinski definition) is 5. The molecule has 6 nitrogen and oxygen atoms in total. The van der Waals surface area contributed by atoms with E-state index >= 15 is 0 Å². The predicted octanol–water partition coefficient (Wildman–Crippen LogP) is -2.01. The van der Waals surface area contributed by atoms with E-state index in [0.717, 1.165) is 6.42 Å². The van der Waals surface area contributed by atoms with Gasteiger partial charge >= 0.3 is 0 Å². The van der Waals surface area contributed by atoms with Crippen molar-refractivity contribution >= 4 is 0 Å². The van der Waals surface area contributed by atoms with Crippen LogP contribution in [0.1, 0.15) is 19.8 Å². The molecular weight excluding hydrogens is 216 g/mol. The van der Waals surface area contributed by atoms with Gasteiger partial charge in [-0.15, -0.1) is 0 Å². The van der Waals surface area contributed by atoms with Crippen LogP contribution in [0.3, 0.4) is 0 Å². The molecule has 1 heterocycles. The lowest BCUT2D eigenvalue weighted by molar-refractivity contribution is -0.246. The van der Waals surface area contributed by atoms with Crippen molar-refractivity contribution in [3.05, 3.63) is 0 Å². The summed E-state index contributed by atoms with van der Waals surface area (Å²) in [6, 6.07) is 0. The van der Waals surface area contributed by atoms with Gasteiger partial charge in [0.1, 0.15) is 30.5 Å². The summed E-state index contributed by atoms with van der Waals surface area (Å²) < 4.78 is 5.30. The van der Waals surface area contributed by atoms with Crippen molar-refractivity contribution in [2.24, 2.45) is 0 Å². The quantitative estimate of drug-likeness (QED) is 0.386. The summed E-state index contributed by atoms with van der Waals surface area (Å²) in [5.41, 5.74) is 0. The number of ether oxygens (including phenoxy) is 1. The molecule has 16 heavy (non-hydrogen) atoms. The van der Waals surface area contributed by atoms with Gasteiger partial charge in [-0.2, -0.15) is 0 Å². The summed E-state index contributed by atoms with van der Waals surface area (Å²) in [4.78, 5) is 0. The molecule has 0 aliphatic carbocycles. The topological polar surface area (TPSA) is 110 Å². The van der Waals surface area contributed by atoms with Crippen molar-refractivity contribution in [3.63, 3.8) is 0 Å². The maximum atomic E-state index is 9.63. The third-order valence-corrected chi connectivity index (χ3v) is 2.89. The van der Waals surface area contributed by atoms with E-state index in [1.807, 2.05) is 6.92 Å². The molecule has 2 unspecified atom stereocenters. The molecule has 0 aromatic carbocycles. The van der Waals surface area contributed by atoms with E-state index in [9.17, 15) is 20.4 Å². The molecule has 1 aliphatic heterocycles. The second kappa shape index (κ2) is 5.90. The second-order valence-corrected chi connectivity index (χ2v) is 4.15. The monoisotopic (exact) mass is 236 g/mol. The van der Waals surface area contributed by atoms with Crippen molar-refractivity contribution in [1.82, 2.24) is 0 Å². The zero-order valence-electron chi connectivity index (χ0n) is 9.23. The zero-order chi connectivity index (χ0) is 12.3. The normalized spacial score (nSPS) is 42.0. The fraction of sp³-hybridized carbons (Fsp3) is 1.00. The molecule has 0 aromatic rings. The van der Waals surface area contributed by atoms with E-state index in [1.54, 1.807) is 0 Å². The van der Waals surface area contributed by atoms with Gasteiger partial charge in [0.15, 0.2) is 0 Å². The third-order valence-electron chi connectivity index (χ3n) is 2.89. The number of aliphatic hydroxyl groups is 5. The molecule has 0 amide bonds. The summed E-state index contributed by atoms with van der Waals surface area (Å²) in [6.45, 7) is 1.33. The van der Waals surface area contributed by atoms with E-state index < -0.39 is 43.2 Å². The van der Waals surface area contributed by atoms with E-state index in [2.05, 4.69) is 0 Å². The van der Waals surface area contributed by atoms with E-state index in [0.29, 0.717) is 6.42 Å². The van der Waals surface area contributed by atoms with Gasteiger partial charge in [-0.05, 0) is 6.42 Å². The molecule has 0 saturated carbocycles. The molecule has 6 atom stereocenters. The van der Waals surface area contributed by atoms with Gasteiger partial charge in [0.2, 0.25) is 0 Å². The maximum Gasteiger partial charge on any atom is 0.115 e. The average Bonchev–Trinajstić information content (AvgIpc) is 2.29. The Morgan fingerprint density at radius 3 is 2.25 bits per heavy atom. The van der Waals surface area contributed by atoms with Gasteiger partial charge < -0.3 is 30.3 Å². The molecule has 0 bridgehead atoms. The highest BCUT2D eigenvalue weighted by Gasteiger charge is 2.45. The molecule has 1 aliphatic rings. The Morgan fingerprint density at radius 1 is 1.12 bits per heavy atom. The second-order valence-electron chi connectivity index (χ2n) is 4.15. The Bertz CT molecular complexity index is 211. The van der Waals surface area contributed by atoms with Crippen LogP contribution in [0.5, 0.6) is 0 Å². The molecule has 1 fully saturated rings. The van der Waals surface area contributed by atoms with Crippen LogP contribution in [0.2, 0.25) is 0 Å². The minimum Gasteiger partial charge on any atom is -0.394 e. The molecule has 96 valence electrons. The van der Waals surface area contributed by atoms with Gasteiger partial charge in [0, 0.05) is 0 Å². The summed E-state index contributed by atoms with van der Waals surface area (Å²) in [6.07, 6.45) is -5.64. The number of hydrogen-bond acceptors (Lipinski definition) is 6. The maximum absolute atomic E-state index is 9.63. The summed E-state index contributed by atoms with van der Waals surface area (Å²) in [5.74, 6) is 0. The van der Waals surface area contributed by atoms with Crippen LogP contribution in [0.25, 0.3) is 0 Å². The fourth-order valence-electron chi connectivity index (χ4n) is 1.92. The molecule has 0 aromatic heterocycles. The third kappa shape index (κ3) is 2.71. The van der Waals surface area contributed by atoms with Gasteiger partial charge in [0.25, 0.3) is 0 Å². The van der Waals surface area contributed by atoms with Crippen molar-refractivity contribution < 1.29 is 30.3 Å². The first-order chi connectivity index (χ1) is 7.52. The number of aliphatic hydroxyl groups excluding tert-OH is 5. The van der Waals surface area contributed by atoms with Gasteiger partial charge in [-0.3, -0.25) is 0 Å². The van der Waals surface area contributed by atoms with Crippen LogP contribution < -0.4 is 0 Å². The Kier molecular flexibility index (Phi) is 5.10. The van der Waals surface area contributed by atoms with Crippen molar-refractivity contribution in [3.8, 4) is 0 Å². The van der Waals surface area contributed by atoms with Crippen LogP contribution in [0.4, 0.5) is 0 Å². The fourth-order valence-corrected chi connectivity index (χ4v) is 1.92. The SMILES string of the molecule is CCC[C@H]1OC([C@H](O)CO)[C@@H](O)[C@H](O)C1O. The van der Waals surface area contributed by atoms with Crippen LogP contribution >= 0.6 is 0 Å². The van der Waals surface area contributed by atoms with E-state index in [4.69, 9.17) is 9.84 Å². The van der Waals surface area contributed by atoms with Crippen LogP contribution in [-0.2, 0) is 4.74 Å².